The SMILES string of the molecule is O=S(=O)(Nc1ccc(CCl)cc1)c1cc(Br)ccc1Br. The van der Waals surface area contributed by atoms with E-state index in [-0.39, 0.29) is 4.90 Å². The van der Waals surface area contributed by atoms with Crippen LogP contribution >= 0.6 is 43.5 Å². The van der Waals surface area contributed by atoms with Gasteiger partial charge in [0.15, 0.2) is 0 Å². The molecule has 0 aliphatic carbocycles. The van der Waals surface area contributed by atoms with Crippen molar-refractivity contribution in [3.8, 4) is 0 Å². The summed E-state index contributed by atoms with van der Waals surface area (Å²) in [5.41, 5.74) is 1.42. The Hall–Kier alpha value is -0.560. The number of halogens is 3. The van der Waals surface area contributed by atoms with Gasteiger partial charge in [0.05, 0.1) is 0 Å². The Morgan fingerprint density at radius 1 is 1.05 bits per heavy atom. The molecule has 0 bridgehead atoms. The van der Waals surface area contributed by atoms with E-state index < -0.39 is 10.0 Å². The normalized spacial score (nSPS) is 11.3. The lowest BCUT2D eigenvalue weighted by Gasteiger charge is -2.10. The summed E-state index contributed by atoms with van der Waals surface area (Å²) in [5, 5.41) is 0. The molecule has 0 fully saturated rings. The van der Waals surface area contributed by atoms with Crippen LogP contribution in [-0.4, -0.2) is 8.42 Å². The second-order valence-electron chi connectivity index (χ2n) is 4.01. The van der Waals surface area contributed by atoms with E-state index in [2.05, 4.69) is 36.6 Å². The van der Waals surface area contributed by atoms with Crippen LogP contribution in [0.2, 0.25) is 0 Å². The number of hydrogen-bond acceptors (Lipinski definition) is 2. The van der Waals surface area contributed by atoms with Gasteiger partial charge in [-0.2, -0.15) is 0 Å². The molecule has 0 aliphatic heterocycles. The molecule has 1 N–H and O–H groups in total. The van der Waals surface area contributed by atoms with Crippen molar-refractivity contribution in [3.63, 3.8) is 0 Å². The number of rotatable bonds is 4. The van der Waals surface area contributed by atoms with Gasteiger partial charge in [-0.3, -0.25) is 4.72 Å². The van der Waals surface area contributed by atoms with Gasteiger partial charge in [0, 0.05) is 20.5 Å². The molecule has 2 rings (SSSR count). The molecule has 2 aromatic rings. The molecule has 7 heteroatoms. The van der Waals surface area contributed by atoms with Crippen molar-refractivity contribution >= 4 is 59.2 Å². The predicted octanol–water partition coefficient (Wildman–Crippen LogP) is 4.75. The van der Waals surface area contributed by atoms with Crippen molar-refractivity contribution in [3.05, 3.63) is 57.0 Å². The topological polar surface area (TPSA) is 46.2 Å². The Bertz CT molecular complexity index is 718. The fourth-order valence-corrected chi connectivity index (χ4v) is 4.30. The van der Waals surface area contributed by atoms with E-state index in [1.54, 1.807) is 42.5 Å². The van der Waals surface area contributed by atoms with Gasteiger partial charge < -0.3 is 0 Å². The zero-order valence-electron chi connectivity index (χ0n) is 10.1. The lowest BCUT2D eigenvalue weighted by Crippen LogP contribution is -2.13. The van der Waals surface area contributed by atoms with Gasteiger partial charge in [-0.25, -0.2) is 8.42 Å². The van der Waals surface area contributed by atoms with Gasteiger partial charge in [0.25, 0.3) is 10.0 Å². The smallest absolute Gasteiger partial charge is 0.263 e. The number of alkyl halides is 1. The van der Waals surface area contributed by atoms with E-state index in [9.17, 15) is 8.42 Å². The Kier molecular flexibility index (Phi) is 5.12. The van der Waals surface area contributed by atoms with E-state index in [1.807, 2.05) is 0 Å². The summed E-state index contributed by atoms with van der Waals surface area (Å²) in [6.45, 7) is 0. The highest BCUT2D eigenvalue weighted by Gasteiger charge is 2.18. The van der Waals surface area contributed by atoms with Crippen LogP contribution in [0.1, 0.15) is 5.56 Å². The van der Waals surface area contributed by atoms with Crippen LogP contribution in [0.4, 0.5) is 5.69 Å². The van der Waals surface area contributed by atoms with Crippen LogP contribution in [0.5, 0.6) is 0 Å². The van der Waals surface area contributed by atoms with Crippen molar-refractivity contribution in [2.75, 3.05) is 4.72 Å². The summed E-state index contributed by atoms with van der Waals surface area (Å²) in [7, 11) is -3.65. The van der Waals surface area contributed by atoms with Gasteiger partial charge in [-0.05, 0) is 51.8 Å². The van der Waals surface area contributed by atoms with Gasteiger partial charge >= 0.3 is 0 Å². The Morgan fingerprint density at radius 2 is 1.70 bits per heavy atom. The van der Waals surface area contributed by atoms with E-state index in [0.717, 1.165) is 5.56 Å². The third-order valence-electron chi connectivity index (χ3n) is 2.54. The van der Waals surface area contributed by atoms with E-state index in [0.29, 0.717) is 20.5 Å². The largest absolute Gasteiger partial charge is 0.280 e. The average Bonchev–Trinajstić information content (AvgIpc) is 2.42. The number of sulfonamides is 1. The third-order valence-corrected chi connectivity index (χ3v) is 5.72. The van der Waals surface area contributed by atoms with E-state index >= 15 is 0 Å². The summed E-state index contributed by atoms with van der Waals surface area (Å²) >= 11 is 12.2. The second-order valence-corrected chi connectivity index (χ2v) is 7.70. The molecule has 0 heterocycles. The van der Waals surface area contributed by atoms with Gasteiger partial charge in [-0.1, -0.05) is 28.1 Å². The molecule has 0 atom stereocenters. The molecule has 0 aromatic heterocycles. The first-order chi connectivity index (χ1) is 9.42. The molecular weight excluding hydrogens is 429 g/mol. The summed E-state index contributed by atoms with van der Waals surface area (Å²) in [5.74, 6) is 0.393. The Balaban J connectivity index is 2.32. The average molecular weight is 440 g/mol. The van der Waals surface area contributed by atoms with Crippen LogP contribution in [0.3, 0.4) is 0 Å². The molecule has 2 aromatic carbocycles. The third kappa shape index (κ3) is 3.75. The van der Waals surface area contributed by atoms with Crippen molar-refractivity contribution in [2.45, 2.75) is 10.8 Å². The fraction of sp³-hybridized carbons (Fsp3) is 0.0769. The Morgan fingerprint density at radius 3 is 2.30 bits per heavy atom. The predicted molar refractivity (Wildman–Crippen MR) is 88.6 cm³/mol. The quantitative estimate of drug-likeness (QED) is 0.699. The molecular formula is C13H10Br2ClNO2S. The van der Waals surface area contributed by atoms with Crippen molar-refractivity contribution in [1.29, 1.82) is 0 Å². The summed E-state index contributed by atoms with van der Waals surface area (Å²) in [4.78, 5) is 0.174. The minimum atomic E-state index is -3.65. The monoisotopic (exact) mass is 437 g/mol. The highest BCUT2D eigenvalue weighted by atomic mass is 79.9. The zero-order chi connectivity index (χ0) is 14.8. The lowest BCUT2D eigenvalue weighted by molar-refractivity contribution is 0.600. The number of nitrogens with one attached hydrogen (secondary N) is 1. The highest BCUT2D eigenvalue weighted by Crippen LogP contribution is 2.27. The molecule has 106 valence electrons. The van der Waals surface area contributed by atoms with Gasteiger partial charge in [-0.15, -0.1) is 11.6 Å². The van der Waals surface area contributed by atoms with E-state index in [4.69, 9.17) is 11.6 Å². The van der Waals surface area contributed by atoms with Crippen LogP contribution < -0.4 is 4.72 Å². The first kappa shape index (κ1) is 15.8. The first-order valence-corrected chi connectivity index (χ1v) is 9.15. The molecule has 0 radical (unpaired) electrons. The summed E-state index contributed by atoms with van der Waals surface area (Å²) in [6.07, 6.45) is 0. The molecule has 0 saturated heterocycles. The molecule has 0 unspecified atom stereocenters. The van der Waals surface area contributed by atoms with E-state index in [1.165, 1.54) is 0 Å². The maximum atomic E-state index is 12.3. The number of anilines is 1. The fourth-order valence-electron chi connectivity index (χ4n) is 1.56. The second kappa shape index (κ2) is 6.47. The molecule has 0 saturated carbocycles. The Labute approximate surface area is 139 Å². The van der Waals surface area contributed by atoms with Crippen LogP contribution in [0.15, 0.2) is 56.3 Å². The summed E-state index contributed by atoms with van der Waals surface area (Å²) in [6, 6.07) is 11.9. The van der Waals surface area contributed by atoms with Crippen LogP contribution in [0, 0.1) is 0 Å². The number of benzene rings is 2. The lowest BCUT2D eigenvalue weighted by atomic mass is 10.2. The van der Waals surface area contributed by atoms with Crippen molar-refractivity contribution in [2.24, 2.45) is 0 Å². The zero-order valence-corrected chi connectivity index (χ0v) is 14.9. The number of hydrogen-bond donors (Lipinski definition) is 1. The molecule has 0 amide bonds. The maximum absolute atomic E-state index is 12.3. The van der Waals surface area contributed by atoms with Crippen molar-refractivity contribution in [1.82, 2.24) is 0 Å². The first-order valence-electron chi connectivity index (χ1n) is 5.55. The minimum absolute atomic E-state index is 0.174. The molecule has 3 nitrogen and oxygen atoms in total. The maximum Gasteiger partial charge on any atom is 0.263 e. The van der Waals surface area contributed by atoms with Gasteiger partial charge in [0.1, 0.15) is 4.90 Å². The highest BCUT2D eigenvalue weighted by molar-refractivity contribution is 9.11. The summed E-state index contributed by atoms with van der Waals surface area (Å²) < 4.78 is 28.4. The molecule has 0 aliphatic rings. The minimum Gasteiger partial charge on any atom is -0.280 e. The van der Waals surface area contributed by atoms with Crippen molar-refractivity contribution < 1.29 is 8.42 Å². The van der Waals surface area contributed by atoms with Crippen LogP contribution in [0.25, 0.3) is 0 Å². The molecule has 20 heavy (non-hydrogen) atoms. The standard InChI is InChI=1S/C13H10Br2ClNO2S/c14-10-3-6-12(15)13(7-10)20(18,19)17-11-4-1-9(8-16)2-5-11/h1-7,17H,8H2. The molecule has 0 spiro atoms. The van der Waals surface area contributed by atoms with Gasteiger partial charge in [0.2, 0.25) is 0 Å². The van der Waals surface area contributed by atoms with Crippen LogP contribution in [-0.2, 0) is 15.9 Å².